The van der Waals surface area contributed by atoms with Gasteiger partial charge in [-0.1, -0.05) is 0 Å². The van der Waals surface area contributed by atoms with Gasteiger partial charge in [0.15, 0.2) is 0 Å². The van der Waals surface area contributed by atoms with Crippen molar-refractivity contribution in [2.45, 2.75) is 38.8 Å². The molecule has 1 aliphatic carbocycles. The molecule has 0 aromatic heterocycles. The molecule has 0 radical (unpaired) electrons. The third-order valence-electron chi connectivity index (χ3n) is 3.90. The lowest BCUT2D eigenvalue weighted by atomic mass is 10.1. The maximum atomic E-state index is 12.2. The molecular formula is C16H22N2O5. The van der Waals surface area contributed by atoms with Crippen molar-refractivity contribution in [3.05, 3.63) is 33.9 Å². The number of benzene rings is 1. The van der Waals surface area contributed by atoms with Gasteiger partial charge in [-0.05, 0) is 38.7 Å². The van der Waals surface area contributed by atoms with Crippen LogP contribution in [0.1, 0.15) is 38.3 Å². The standard InChI is InChI=1S/C16H22N2O5/c1-10(17-16(19)11(2)23-9-12-4-5-12)14-8-13(18(20)21)6-7-15(14)22-3/h6-8,10-12H,4-5,9H2,1-3H3,(H,17,19)/t10-,11+/m1/s1. The third kappa shape index (κ3) is 4.66. The highest BCUT2D eigenvalue weighted by atomic mass is 16.6. The van der Waals surface area contributed by atoms with E-state index in [0.29, 0.717) is 23.8 Å². The maximum absolute atomic E-state index is 12.2. The second-order valence-corrected chi connectivity index (χ2v) is 5.83. The van der Waals surface area contributed by atoms with Crippen molar-refractivity contribution in [3.63, 3.8) is 0 Å². The first-order valence-corrected chi connectivity index (χ1v) is 7.66. The van der Waals surface area contributed by atoms with Crippen molar-refractivity contribution >= 4 is 11.6 Å². The molecule has 2 atom stereocenters. The van der Waals surface area contributed by atoms with E-state index in [2.05, 4.69) is 5.32 Å². The summed E-state index contributed by atoms with van der Waals surface area (Å²) in [6.45, 7) is 4.06. The molecule has 0 heterocycles. The molecule has 1 aromatic carbocycles. The van der Waals surface area contributed by atoms with E-state index in [1.165, 1.54) is 25.3 Å². The molecule has 0 aliphatic heterocycles. The number of nitro groups is 1. The number of rotatable bonds is 8. The number of methoxy groups -OCH3 is 1. The summed E-state index contributed by atoms with van der Waals surface area (Å²) in [6, 6.07) is 3.89. The Kier molecular flexibility index (Phi) is 5.54. The second kappa shape index (κ2) is 7.41. The van der Waals surface area contributed by atoms with Crippen molar-refractivity contribution in [2.75, 3.05) is 13.7 Å². The SMILES string of the molecule is COc1ccc([N+](=O)[O-])cc1[C@@H](C)NC(=O)[C@H](C)OCC1CC1. The number of ether oxygens (including phenoxy) is 2. The molecule has 1 aliphatic rings. The summed E-state index contributed by atoms with van der Waals surface area (Å²) in [6.07, 6.45) is 1.77. The van der Waals surface area contributed by atoms with Crippen LogP contribution in [0, 0.1) is 16.0 Å². The minimum Gasteiger partial charge on any atom is -0.496 e. The molecule has 1 aromatic rings. The summed E-state index contributed by atoms with van der Waals surface area (Å²) < 4.78 is 10.8. The van der Waals surface area contributed by atoms with Gasteiger partial charge in [-0.3, -0.25) is 14.9 Å². The number of hydrogen-bond donors (Lipinski definition) is 1. The Bertz CT molecular complexity index is 586. The first kappa shape index (κ1) is 17.2. The smallest absolute Gasteiger partial charge is 0.270 e. The molecule has 2 rings (SSSR count). The molecular weight excluding hydrogens is 300 g/mol. The van der Waals surface area contributed by atoms with E-state index in [9.17, 15) is 14.9 Å². The fourth-order valence-corrected chi connectivity index (χ4v) is 2.22. The Morgan fingerprint density at radius 2 is 2.13 bits per heavy atom. The van der Waals surface area contributed by atoms with Crippen LogP contribution in [0.5, 0.6) is 5.75 Å². The molecule has 1 N–H and O–H groups in total. The zero-order chi connectivity index (χ0) is 17.0. The van der Waals surface area contributed by atoms with Gasteiger partial charge >= 0.3 is 0 Å². The summed E-state index contributed by atoms with van der Waals surface area (Å²) in [5.41, 5.74) is 0.518. The van der Waals surface area contributed by atoms with Crippen LogP contribution in [0.3, 0.4) is 0 Å². The van der Waals surface area contributed by atoms with E-state index in [1.54, 1.807) is 13.8 Å². The fourth-order valence-electron chi connectivity index (χ4n) is 2.22. The van der Waals surface area contributed by atoms with Crippen molar-refractivity contribution < 1.29 is 19.2 Å². The maximum Gasteiger partial charge on any atom is 0.270 e. The molecule has 0 unspecified atom stereocenters. The van der Waals surface area contributed by atoms with Gasteiger partial charge in [-0.25, -0.2) is 0 Å². The zero-order valence-corrected chi connectivity index (χ0v) is 13.6. The highest BCUT2D eigenvalue weighted by Crippen LogP contribution is 2.30. The average molecular weight is 322 g/mol. The summed E-state index contributed by atoms with van der Waals surface area (Å²) >= 11 is 0. The summed E-state index contributed by atoms with van der Waals surface area (Å²) in [7, 11) is 1.49. The molecule has 7 heteroatoms. The molecule has 0 bridgehead atoms. The Labute approximate surface area is 135 Å². The Balaban J connectivity index is 2.02. The summed E-state index contributed by atoms with van der Waals surface area (Å²) in [5.74, 6) is 0.834. The fraction of sp³-hybridized carbons (Fsp3) is 0.562. The van der Waals surface area contributed by atoms with E-state index in [-0.39, 0.29) is 11.6 Å². The van der Waals surface area contributed by atoms with Crippen LogP contribution < -0.4 is 10.1 Å². The van der Waals surface area contributed by atoms with Crippen LogP contribution >= 0.6 is 0 Å². The molecule has 1 saturated carbocycles. The molecule has 0 spiro atoms. The number of hydrogen-bond acceptors (Lipinski definition) is 5. The molecule has 126 valence electrons. The van der Waals surface area contributed by atoms with Crippen molar-refractivity contribution in [2.24, 2.45) is 5.92 Å². The van der Waals surface area contributed by atoms with E-state index in [0.717, 1.165) is 12.8 Å². The van der Waals surface area contributed by atoms with Gasteiger partial charge in [0.1, 0.15) is 11.9 Å². The number of carbonyl (C=O) groups is 1. The molecule has 1 fully saturated rings. The normalized spacial score (nSPS) is 16.5. The van der Waals surface area contributed by atoms with Crippen LogP contribution in [-0.2, 0) is 9.53 Å². The number of nitrogens with zero attached hydrogens (tertiary/aromatic N) is 1. The Hall–Kier alpha value is -2.15. The van der Waals surface area contributed by atoms with Gasteiger partial charge in [0.25, 0.3) is 5.69 Å². The number of amides is 1. The van der Waals surface area contributed by atoms with Crippen molar-refractivity contribution in [1.29, 1.82) is 0 Å². The largest absolute Gasteiger partial charge is 0.496 e. The number of nitro benzene ring substituents is 1. The van der Waals surface area contributed by atoms with Gasteiger partial charge in [-0.15, -0.1) is 0 Å². The van der Waals surface area contributed by atoms with Crippen LogP contribution in [0.2, 0.25) is 0 Å². The lowest BCUT2D eigenvalue weighted by molar-refractivity contribution is -0.385. The second-order valence-electron chi connectivity index (χ2n) is 5.83. The summed E-state index contributed by atoms with van der Waals surface area (Å²) in [5, 5.41) is 13.7. The number of carbonyl (C=O) groups excluding carboxylic acids is 1. The van der Waals surface area contributed by atoms with Crippen molar-refractivity contribution in [3.8, 4) is 5.75 Å². The molecule has 0 saturated heterocycles. The van der Waals surface area contributed by atoms with Gasteiger partial charge in [0.05, 0.1) is 24.7 Å². The van der Waals surface area contributed by atoms with Gasteiger partial charge in [-0.2, -0.15) is 0 Å². The first-order chi connectivity index (χ1) is 10.9. The van der Waals surface area contributed by atoms with Gasteiger partial charge in [0, 0.05) is 17.7 Å². The van der Waals surface area contributed by atoms with Gasteiger partial charge < -0.3 is 14.8 Å². The number of nitrogens with one attached hydrogen (secondary N) is 1. The minimum atomic E-state index is -0.553. The zero-order valence-electron chi connectivity index (χ0n) is 13.6. The Morgan fingerprint density at radius 1 is 1.43 bits per heavy atom. The average Bonchev–Trinajstić information content (AvgIpc) is 3.35. The van der Waals surface area contributed by atoms with E-state index in [1.807, 2.05) is 0 Å². The molecule has 1 amide bonds. The predicted molar refractivity (Wildman–Crippen MR) is 84.3 cm³/mol. The van der Waals surface area contributed by atoms with Crippen LogP contribution in [0.25, 0.3) is 0 Å². The van der Waals surface area contributed by atoms with Crippen LogP contribution in [-0.4, -0.2) is 30.7 Å². The first-order valence-electron chi connectivity index (χ1n) is 7.66. The van der Waals surface area contributed by atoms with Gasteiger partial charge in [0.2, 0.25) is 5.91 Å². The van der Waals surface area contributed by atoms with E-state index < -0.39 is 17.1 Å². The predicted octanol–water partition coefficient (Wildman–Crippen LogP) is 2.60. The lowest BCUT2D eigenvalue weighted by Crippen LogP contribution is -2.36. The van der Waals surface area contributed by atoms with E-state index in [4.69, 9.17) is 9.47 Å². The number of non-ortho nitro benzene ring substituents is 1. The summed E-state index contributed by atoms with van der Waals surface area (Å²) in [4.78, 5) is 22.6. The Morgan fingerprint density at radius 3 is 2.70 bits per heavy atom. The highest BCUT2D eigenvalue weighted by Gasteiger charge is 2.25. The van der Waals surface area contributed by atoms with Crippen LogP contribution in [0.4, 0.5) is 5.69 Å². The molecule has 7 nitrogen and oxygen atoms in total. The lowest BCUT2D eigenvalue weighted by Gasteiger charge is -2.20. The van der Waals surface area contributed by atoms with Crippen molar-refractivity contribution in [1.82, 2.24) is 5.32 Å². The molecule has 23 heavy (non-hydrogen) atoms. The quantitative estimate of drug-likeness (QED) is 0.587. The highest BCUT2D eigenvalue weighted by molar-refractivity contribution is 5.80. The van der Waals surface area contributed by atoms with Crippen LogP contribution in [0.15, 0.2) is 18.2 Å². The van der Waals surface area contributed by atoms with E-state index >= 15 is 0 Å². The minimum absolute atomic E-state index is 0.0417. The topological polar surface area (TPSA) is 90.7 Å². The monoisotopic (exact) mass is 322 g/mol. The third-order valence-corrected chi connectivity index (χ3v) is 3.90.